The van der Waals surface area contributed by atoms with Gasteiger partial charge in [-0.3, -0.25) is 0 Å². The summed E-state index contributed by atoms with van der Waals surface area (Å²) in [4.78, 5) is 11.2. The second kappa shape index (κ2) is 7.49. The third-order valence-corrected chi connectivity index (χ3v) is 4.34. The van der Waals surface area contributed by atoms with Crippen LogP contribution in [0.4, 0.5) is 11.8 Å². The fraction of sp³-hybridized carbons (Fsp3) is 0.444. The smallest absolute Gasteiger partial charge is 0.227 e. The van der Waals surface area contributed by atoms with Crippen molar-refractivity contribution in [2.45, 2.75) is 32.2 Å². The molecule has 1 aliphatic rings. The van der Waals surface area contributed by atoms with Gasteiger partial charge in [-0.1, -0.05) is 12.1 Å². The van der Waals surface area contributed by atoms with Crippen molar-refractivity contribution in [2.24, 2.45) is 0 Å². The average molecular weight is 328 g/mol. The zero-order chi connectivity index (χ0) is 16.9. The summed E-state index contributed by atoms with van der Waals surface area (Å²) in [6.45, 7) is 3.74. The van der Waals surface area contributed by atoms with E-state index in [4.69, 9.17) is 0 Å². The maximum atomic E-state index is 9.49. The highest BCUT2D eigenvalue weighted by molar-refractivity contribution is 5.45. The molecule has 0 saturated carbocycles. The molecular formula is C18H24N4O2. The summed E-state index contributed by atoms with van der Waals surface area (Å²) >= 11 is 0. The van der Waals surface area contributed by atoms with E-state index in [-0.39, 0.29) is 18.4 Å². The third kappa shape index (κ3) is 3.94. The van der Waals surface area contributed by atoms with E-state index in [1.165, 1.54) is 0 Å². The van der Waals surface area contributed by atoms with Gasteiger partial charge >= 0.3 is 0 Å². The number of rotatable bonds is 6. The van der Waals surface area contributed by atoms with Crippen molar-refractivity contribution in [3.05, 3.63) is 41.6 Å². The fourth-order valence-corrected chi connectivity index (χ4v) is 3.06. The Balaban J connectivity index is 1.64. The van der Waals surface area contributed by atoms with Crippen LogP contribution in [0.3, 0.4) is 0 Å². The molecule has 1 aliphatic heterocycles. The number of nitrogens with one attached hydrogen (secondary N) is 1. The van der Waals surface area contributed by atoms with Crippen LogP contribution in [0.15, 0.2) is 30.3 Å². The van der Waals surface area contributed by atoms with E-state index < -0.39 is 0 Å². The summed E-state index contributed by atoms with van der Waals surface area (Å²) in [7, 11) is 0. The maximum absolute atomic E-state index is 9.49. The molecule has 0 radical (unpaired) electrons. The number of phenols is 1. The normalized spacial score (nSPS) is 17.2. The van der Waals surface area contributed by atoms with Crippen LogP contribution in [-0.2, 0) is 6.42 Å². The zero-order valence-corrected chi connectivity index (χ0v) is 13.9. The topological polar surface area (TPSA) is 81.5 Å². The lowest BCUT2D eigenvalue weighted by atomic mass is 10.1. The predicted molar refractivity (Wildman–Crippen MR) is 94.5 cm³/mol. The van der Waals surface area contributed by atoms with E-state index in [1.807, 2.05) is 25.1 Å². The predicted octanol–water partition coefficient (Wildman–Crippen LogP) is 2.11. The monoisotopic (exact) mass is 328 g/mol. The first-order chi connectivity index (χ1) is 11.7. The van der Waals surface area contributed by atoms with Crippen molar-refractivity contribution >= 4 is 11.8 Å². The van der Waals surface area contributed by atoms with Crippen molar-refractivity contribution < 1.29 is 10.2 Å². The molecule has 2 aromatic rings. The van der Waals surface area contributed by atoms with Crippen molar-refractivity contribution in [3.63, 3.8) is 0 Å². The standard InChI is InChI=1S/C18H24N4O2/c1-13-11-17(19-9-8-14-4-6-16(24)7-5-14)21-18(20-13)22-10-2-3-15(22)12-23/h4-7,11,15,23-24H,2-3,8-10,12H2,1H3,(H,19,20,21). The minimum atomic E-state index is 0.122. The number of aliphatic hydroxyl groups excluding tert-OH is 1. The summed E-state index contributed by atoms with van der Waals surface area (Å²) in [6, 6.07) is 9.30. The summed E-state index contributed by atoms with van der Waals surface area (Å²) < 4.78 is 0. The van der Waals surface area contributed by atoms with Gasteiger partial charge in [0.1, 0.15) is 11.6 Å². The molecule has 0 bridgehead atoms. The first-order valence-electron chi connectivity index (χ1n) is 8.40. The Hall–Kier alpha value is -2.34. The molecule has 6 heteroatoms. The molecule has 3 N–H and O–H groups in total. The van der Waals surface area contributed by atoms with Crippen LogP contribution in [0.25, 0.3) is 0 Å². The SMILES string of the molecule is Cc1cc(NCCc2ccc(O)cc2)nc(N2CCCC2CO)n1. The number of aromatic hydroxyl groups is 1. The summed E-state index contributed by atoms with van der Waals surface area (Å²) in [5.74, 6) is 1.78. The number of benzene rings is 1. The Labute approximate surface area is 142 Å². The second-order valence-corrected chi connectivity index (χ2v) is 6.21. The molecule has 3 rings (SSSR count). The van der Waals surface area contributed by atoms with Gasteiger partial charge in [-0.15, -0.1) is 0 Å². The Bertz CT molecular complexity index is 675. The molecule has 0 amide bonds. The number of phenolic OH excluding ortho intramolecular Hbond substituents is 1. The molecule has 2 heterocycles. The maximum Gasteiger partial charge on any atom is 0.227 e. The van der Waals surface area contributed by atoms with E-state index in [9.17, 15) is 10.2 Å². The van der Waals surface area contributed by atoms with Crippen molar-refractivity contribution in [2.75, 3.05) is 29.9 Å². The molecule has 1 aromatic heterocycles. The van der Waals surface area contributed by atoms with Gasteiger partial charge in [-0.25, -0.2) is 4.98 Å². The van der Waals surface area contributed by atoms with Crippen LogP contribution < -0.4 is 10.2 Å². The van der Waals surface area contributed by atoms with Crippen LogP contribution >= 0.6 is 0 Å². The van der Waals surface area contributed by atoms with Gasteiger partial charge in [0.15, 0.2) is 0 Å². The Kier molecular flexibility index (Phi) is 5.15. The van der Waals surface area contributed by atoms with Gasteiger partial charge in [-0.2, -0.15) is 4.98 Å². The number of hydrogen-bond donors (Lipinski definition) is 3. The van der Waals surface area contributed by atoms with Gasteiger partial charge in [0.05, 0.1) is 12.6 Å². The van der Waals surface area contributed by atoms with Crippen LogP contribution in [0.1, 0.15) is 24.1 Å². The molecule has 128 valence electrons. The number of aromatic nitrogens is 2. The van der Waals surface area contributed by atoms with E-state index >= 15 is 0 Å². The Morgan fingerprint density at radius 1 is 1.25 bits per heavy atom. The molecule has 1 unspecified atom stereocenters. The Morgan fingerprint density at radius 3 is 2.79 bits per heavy atom. The summed E-state index contributed by atoms with van der Waals surface area (Å²) in [6.07, 6.45) is 2.89. The fourth-order valence-electron chi connectivity index (χ4n) is 3.06. The van der Waals surface area contributed by atoms with Gasteiger partial charge in [0.2, 0.25) is 5.95 Å². The molecule has 1 aromatic carbocycles. The van der Waals surface area contributed by atoms with Gasteiger partial charge in [-0.05, 0) is 43.9 Å². The number of aryl methyl sites for hydroxylation is 1. The molecule has 0 aliphatic carbocycles. The highest BCUT2D eigenvalue weighted by Gasteiger charge is 2.26. The van der Waals surface area contributed by atoms with Gasteiger partial charge < -0.3 is 20.4 Å². The molecule has 1 fully saturated rings. The minimum absolute atomic E-state index is 0.122. The number of aliphatic hydroxyl groups is 1. The van der Waals surface area contributed by atoms with Crippen LogP contribution in [-0.4, -0.2) is 45.9 Å². The van der Waals surface area contributed by atoms with Gasteiger partial charge in [0.25, 0.3) is 0 Å². The average Bonchev–Trinajstić information content (AvgIpc) is 3.05. The van der Waals surface area contributed by atoms with Crippen molar-refractivity contribution in [1.82, 2.24) is 9.97 Å². The van der Waals surface area contributed by atoms with Crippen LogP contribution in [0.5, 0.6) is 5.75 Å². The van der Waals surface area contributed by atoms with E-state index in [0.29, 0.717) is 5.95 Å². The highest BCUT2D eigenvalue weighted by Crippen LogP contribution is 2.23. The molecular weight excluding hydrogens is 304 g/mol. The summed E-state index contributed by atoms with van der Waals surface area (Å²) in [5.41, 5.74) is 2.07. The number of nitrogens with zero attached hydrogens (tertiary/aromatic N) is 3. The molecule has 1 atom stereocenters. The van der Waals surface area contributed by atoms with E-state index in [0.717, 1.165) is 49.4 Å². The molecule has 0 spiro atoms. The first-order valence-corrected chi connectivity index (χ1v) is 8.40. The van der Waals surface area contributed by atoms with Crippen molar-refractivity contribution in [3.8, 4) is 5.75 Å². The number of anilines is 2. The lowest BCUT2D eigenvalue weighted by Crippen LogP contribution is -2.33. The second-order valence-electron chi connectivity index (χ2n) is 6.21. The minimum Gasteiger partial charge on any atom is -0.508 e. The van der Waals surface area contributed by atoms with Gasteiger partial charge in [0, 0.05) is 24.8 Å². The summed E-state index contributed by atoms with van der Waals surface area (Å²) in [5, 5.41) is 22.1. The van der Waals surface area contributed by atoms with Crippen LogP contribution in [0.2, 0.25) is 0 Å². The zero-order valence-electron chi connectivity index (χ0n) is 13.9. The largest absolute Gasteiger partial charge is 0.508 e. The van der Waals surface area contributed by atoms with E-state index in [1.54, 1.807) is 12.1 Å². The third-order valence-electron chi connectivity index (χ3n) is 4.34. The van der Waals surface area contributed by atoms with E-state index in [2.05, 4.69) is 20.2 Å². The highest BCUT2D eigenvalue weighted by atomic mass is 16.3. The van der Waals surface area contributed by atoms with Crippen molar-refractivity contribution in [1.29, 1.82) is 0 Å². The molecule has 6 nitrogen and oxygen atoms in total. The molecule has 1 saturated heterocycles. The van der Waals surface area contributed by atoms with Crippen LogP contribution in [0, 0.1) is 6.92 Å². The first kappa shape index (κ1) is 16.5. The quantitative estimate of drug-likeness (QED) is 0.753. The number of hydrogen-bond acceptors (Lipinski definition) is 6. The molecule has 24 heavy (non-hydrogen) atoms. The lowest BCUT2D eigenvalue weighted by Gasteiger charge is -2.23. The Morgan fingerprint density at radius 2 is 2.04 bits per heavy atom. The lowest BCUT2D eigenvalue weighted by molar-refractivity contribution is 0.265.